The molecule has 0 saturated carbocycles. The van der Waals surface area contributed by atoms with Crippen molar-refractivity contribution in [2.75, 3.05) is 47.5 Å². The van der Waals surface area contributed by atoms with Gasteiger partial charge in [0.2, 0.25) is 0 Å². The predicted molar refractivity (Wildman–Crippen MR) is 137 cm³/mol. The molecule has 174 valence electrons. The Morgan fingerprint density at radius 2 is 1.94 bits per heavy atom. The van der Waals surface area contributed by atoms with E-state index in [1.807, 2.05) is 25.2 Å². The summed E-state index contributed by atoms with van der Waals surface area (Å²) in [5, 5.41) is 3.50. The number of aliphatic imine (C=N–C) groups is 1. The van der Waals surface area contributed by atoms with Crippen molar-refractivity contribution in [1.29, 1.82) is 0 Å². The number of hydrogen-bond donors (Lipinski definition) is 1. The molecule has 8 heteroatoms. The SMILES string of the molecule is CN=C(NCc1ccc(OC)cc1OC)N1CC2OCCN(Cc3ccccc3)C2C1.I. The number of hydrogen-bond acceptors (Lipinski definition) is 5. The van der Waals surface area contributed by atoms with E-state index in [4.69, 9.17) is 14.2 Å². The van der Waals surface area contributed by atoms with Crippen LogP contribution in [0.3, 0.4) is 0 Å². The maximum absolute atomic E-state index is 6.12. The second-order valence-electron chi connectivity index (χ2n) is 7.92. The number of halogens is 1. The highest BCUT2D eigenvalue weighted by Gasteiger charge is 2.41. The summed E-state index contributed by atoms with van der Waals surface area (Å²) in [5.41, 5.74) is 2.40. The lowest BCUT2D eigenvalue weighted by molar-refractivity contribution is -0.0502. The number of nitrogens with zero attached hydrogens (tertiary/aromatic N) is 3. The topological polar surface area (TPSA) is 58.6 Å². The van der Waals surface area contributed by atoms with Crippen LogP contribution in [-0.4, -0.2) is 75.4 Å². The Labute approximate surface area is 207 Å². The van der Waals surface area contributed by atoms with E-state index in [9.17, 15) is 0 Å². The van der Waals surface area contributed by atoms with E-state index in [-0.39, 0.29) is 30.1 Å². The van der Waals surface area contributed by atoms with Crippen molar-refractivity contribution in [3.05, 3.63) is 59.7 Å². The number of fused-ring (bicyclic) bond motifs is 1. The van der Waals surface area contributed by atoms with Crippen LogP contribution < -0.4 is 14.8 Å². The molecule has 2 fully saturated rings. The fraction of sp³-hybridized carbons (Fsp3) is 0.458. The molecule has 1 N–H and O–H groups in total. The molecule has 4 rings (SSSR count). The van der Waals surface area contributed by atoms with Gasteiger partial charge in [-0.1, -0.05) is 30.3 Å². The molecule has 7 nitrogen and oxygen atoms in total. The van der Waals surface area contributed by atoms with Crippen LogP contribution in [0.2, 0.25) is 0 Å². The summed E-state index contributed by atoms with van der Waals surface area (Å²) >= 11 is 0. The van der Waals surface area contributed by atoms with E-state index in [0.717, 1.165) is 55.8 Å². The zero-order valence-corrected chi connectivity index (χ0v) is 21.3. The Balaban J connectivity index is 0.00000289. The number of likely N-dealkylation sites (tertiary alicyclic amines) is 1. The van der Waals surface area contributed by atoms with Crippen molar-refractivity contribution in [2.45, 2.75) is 25.2 Å². The van der Waals surface area contributed by atoms with Gasteiger partial charge in [-0.3, -0.25) is 9.89 Å². The number of guanidine groups is 1. The molecule has 2 aromatic carbocycles. The van der Waals surface area contributed by atoms with E-state index >= 15 is 0 Å². The van der Waals surface area contributed by atoms with Gasteiger partial charge in [-0.15, -0.1) is 24.0 Å². The van der Waals surface area contributed by atoms with Crippen LogP contribution in [0, 0.1) is 0 Å². The molecule has 2 aromatic rings. The van der Waals surface area contributed by atoms with Crippen molar-refractivity contribution in [3.8, 4) is 11.5 Å². The monoisotopic (exact) mass is 552 g/mol. The normalized spacial score (nSPS) is 21.0. The summed E-state index contributed by atoms with van der Waals surface area (Å²) in [5.74, 6) is 2.47. The van der Waals surface area contributed by atoms with Gasteiger partial charge >= 0.3 is 0 Å². The van der Waals surface area contributed by atoms with E-state index in [0.29, 0.717) is 12.6 Å². The summed E-state index contributed by atoms with van der Waals surface area (Å²) in [4.78, 5) is 9.38. The van der Waals surface area contributed by atoms with Crippen LogP contribution in [0.25, 0.3) is 0 Å². The molecule has 0 amide bonds. The minimum atomic E-state index is 0. The molecular weight excluding hydrogens is 519 g/mol. The Hall–Kier alpha value is -2.04. The fourth-order valence-electron chi connectivity index (χ4n) is 4.45. The van der Waals surface area contributed by atoms with Gasteiger partial charge in [0.05, 0.1) is 33.0 Å². The Kier molecular flexibility index (Phi) is 9.01. The lowest BCUT2D eigenvalue weighted by Gasteiger charge is -2.36. The highest BCUT2D eigenvalue weighted by molar-refractivity contribution is 14.0. The molecule has 0 bridgehead atoms. The highest BCUT2D eigenvalue weighted by Crippen LogP contribution is 2.26. The second-order valence-corrected chi connectivity index (χ2v) is 7.92. The van der Waals surface area contributed by atoms with Gasteiger partial charge in [-0.2, -0.15) is 0 Å². The third kappa shape index (κ3) is 5.65. The molecule has 0 aromatic heterocycles. The van der Waals surface area contributed by atoms with Crippen molar-refractivity contribution in [2.24, 2.45) is 4.99 Å². The van der Waals surface area contributed by atoms with E-state index in [1.165, 1.54) is 5.56 Å². The maximum atomic E-state index is 6.12. The van der Waals surface area contributed by atoms with E-state index in [2.05, 4.69) is 50.4 Å². The van der Waals surface area contributed by atoms with Crippen LogP contribution >= 0.6 is 24.0 Å². The average Bonchev–Trinajstić information content (AvgIpc) is 3.25. The average molecular weight is 552 g/mol. The number of rotatable bonds is 6. The van der Waals surface area contributed by atoms with Crippen molar-refractivity contribution in [1.82, 2.24) is 15.1 Å². The lowest BCUT2D eigenvalue weighted by atomic mass is 10.1. The first-order valence-electron chi connectivity index (χ1n) is 10.8. The van der Waals surface area contributed by atoms with Crippen molar-refractivity contribution in [3.63, 3.8) is 0 Å². The zero-order chi connectivity index (χ0) is 21.6. The van der Waals surface area contributed by atoms with Crippen LogP contribution in [0.15, 0.2) is 53.5 Å². The molecule has 0 aliphatic carbocycles. The summed E-state index contributed by atoms with van der Waals surface area (Å²) < 4.78 is 16.9. The minimum Gasteiger partial charge on any atom is -0.497 e. The zero-order valence-electron chi connectivity index (χ0n) is 19.0. The van der Waals surface area contributed by atoms with E-state index in [1.54, 1.807) is 14.2 Å². The van der Waals surface area contributed by atoms with E-state index < -0.39 is 0 Å². The van der Waals surface area contributed by atoms with Gasteiger partial charge in [-0.25, -0.2) is 0 Å². The molecule has 2 atom stereocenters. The van der Waals surface area contributed by atoms with Gasteiger partial charge in [0.15, 0.2) is 5.96 Å². The molecular formula is C24H33IN4O3. The predicted octanol–water partition coefficient (Wildman–Crippen LogP) is 2.98. The van der Waals surface area contributed by atoms with Gasteiger partial charge in [0, 0.05) is 51.4 Å². The first-order valence-corrected chi connectivity index (χ1v) is 10.8. The fourth-order valence-corrected chi connectivity index (χ4v) is 4.45. The first kappa shape index (κ1) is 24.6. The number of nitrogens with one attached hydrogen (secondary N) is 1. The second kappa shape index (κ2) is 11.7. The highest BCUT2D eigenvalue weighted by atomic mass is 127. The third-order valence-electron chi connectivity index (χ3n) is 6.09. The lowest BCUT2D eigenvalue weighted by Crippen LogP contribution is -2.50. The van der Waals surface area contributed by atoms with Gasteiger partial charge in [0.1, 0.15) is 11.5 Å². The molecule has 32 heavy (non-hydrogen) atoms. The molecule has 0 spiro atoms. The van der Waals surface area contributed by atoms with Crippen LogP contribution in [-0.2, 0) is 17.8 Å². The molecule has 0 radical (unpaired) electrons. The van der Waals surface area contributed by atoms with Gasteiger partial charge < -0.3 is 24.4 Å². The quantitative estimate of drug-likeness (QED) is 0.338. The van der Waals surface area contributed by atoms with Gasteiger partial charge in [-0.05, 0) is 17.7 Å². The molecule has 2 saturated heterocycles. The Morgan fingerprint density at radius 3 is 2.66 bits per heavy atom. The summed E-state index contributed by atoms with van der Waals surface area (Å²) in [6.45, 7) is 5.05. The molecule has 2 aliphatic rings. The number of methoxy groups -OCH3 is 2. The maximum Gasteiger partial charge on any atom is 0.194 e. The molecule has 2 aliphatic heterocycles. The first-order chi connectivity index (χ1) is 15.2. The summed E-state index contributed by atoms with van der Waals surface area (Å²) in [7, 11) is 5.17. The smallest absolute Gasteiger partial charge is 0.194 e. The molecule has 2 heterocycles. The number of morpholine rings is 1. The summed E-state index contributed by atoms with van der Waals surface area (Å²) in [6, 6.07) is 16.9. The Morgan fingerprint density at radius 1 is 1.12 bits per heavy atom. The van der Waals surface area contributed by atoms with Crippen molar-refractivity contribution >= 4 is 29.9 Å². The Bertz CT molecular complexity index is 896. The minimum absolute atomic E-state index is 0. The third-order valence-corrected chi connectivity index (χ3v) is 6.09. The number of benzene rings is 2. The van der Waals surface area contributed by atoms with Crippen molar-refractivity contribution < 1.29 is 14.2 Å². The largest absolute Gasteiger partial charge is 0.497 e. The van der Waals surface area contributed by atoms with Gasteiger partial charge in [0.25, 0.3) is 0 Å². The summed E-state index contributed by atoms with van der Waals surface area (Å²) in [6.07, 6.45) is 0.200. The van der Waals surface area contributed by atoms with Crippen LogP contribution in [0.5, 0.6) is 11.5 Å². The standard InChI is InChI=1S/C24H32N4O3.HI/c1-25-24(26-14-19-9-10-20(29-2)13-22(19)30-3)28-16-21-23(17-28)31-12-11-27(21)15-18-7-5-4-6-8-18;/h4-10,13,21,23H,11-12,14-17H2,1-3H3,(H,25,26);1H. The van der Waals surface area contributed by atoms with Crippen LogP contribution in [0.4, 0.5) is 0 Å². The molecule has 2 unspecified atom stereocenters. The van der Waals surface area contributed by atoms with Crippen LogP contribution in [0.1, 0.15) is 11.1 Å². The number of ether oxygens (including phenoxy) is 3.